The van der Waals surface area contributed by atoms with E-state index >= 15 is 0 Å². The molecule has 3 N–H and O–H groups in total. The van der Waals surface area contributed by atoms with E-state index in [1.54, 1.807) is 7.11 Å². The number of nitrogens with one attached hydrogen (secondary N) is 3. The minimum atomic E-state index is -0.158. The van der Waals surface area contributed by atoms with E-state index in [0.29, 0.717) is 6.54 Å². The van der Waals surface area contributed by atoms with Crippen molar-refractivity contribution in [2.45, 2.75) is 18.7 Å². The van der Waals surface area contributed by atoms with Gasteiger partial charge >= 0.3 is 6.03 Å². The highest BCUT2D eigenvalue weighted by Crippen LogP contribution is 2.03. The van der Waals surface area contributed by atoms with Gasteiger partial charge in [-0.15, -0.1) is 0 Å². The van der Waals surface area contributed by atoms with Crippen LogP contribution in [0.5, 0.6) is 0 Å². The van der Waals surface area contributed by atoms with Crippen LogP contribution in [0, 0.1) is 0 Å². The van der Waals surface area contributed by atoms with Crippen LogP contribution in [0.25, 0.3) is 0 Å². The van der Waals surface area contributed by atoms with Gasteiger partial charge in [0.1, 0.15) is 0 Å². The third-order valence-electron chi connectivity index (χ3n) is 3.07. The first-order valence-corrected chi connectivity index (χ1v) is 6.11. The van der Waals surface area contributed by atoms with E-state index in [-0.39, 0.29) is 18.2 Å². The highest BCUT2D eigenvalue weighted by Gasteiger charge is 2.27. The van der Waals surface area contributed by atoms with Gasteiger partial charge in [0.15, 0.2) is 0 Å². The van der Waals surface area contributed by atoms with E-state index in [9.17, 15) is 4.79 Å². The van der Waals surface area contributed by atoms with Crippen LogP contribution >= 0.6 is 0 Å². The molecule has 2 atom stereocenters. The normalized spacial score (nSPS) is 22.7. The minimum Gasteiger partial charge on any atom is -0.378 e. The van der Waals surface area contributed by atoms with Gasteiger partial charge in [-0.25, -0.2) is 4.79 Å². The predicted molar refractivity (Wildman–Crippen MR) is 69.3 cm³/mol. The largest absolute Gasteiger partial charge is 0.378 e. The average molecular weight is 249 g/mol. The maximum absolute atomic E-state index is 11.7. The summed E-state index contributed by atoms with van der Waals surface area (Å²) in [5, 5.41) is 8.93. The summed E-state index contributed by atoms with van der Waals surface area (Å²) in [6, 6.07) is 9.70. The summed E-state index contributed by atoms with van der Waals surface area (Å²) in [6.07, 6.45) is 0.0486. The number of carbonyl (C=O) groups excluding carboxylic acids is 1. The van der Waals surface area contributed by atoms with Crippen LogP contribution in [0.3, 0.4) is 0 Å². The van der Waals surface area contributed by atoms with Gasteiger partial charge in [-0.05, 0) is 5.56 Å². The summed E-state index contributed by atoms with van der Waals surface area (Å²) < 4.78 is 5.28. The average Bonchev–Trinajstić information content (AvgIpc) is 2.85. The fourth-order valence-electron chi connectivity index (χ4n) is 2.04. The van der Waals surface area contributed by atoms with E-state index in [0.717, 1.165) is 18.7 Å². The van der Waals surface area contributed by atoms with Crippen molar-refractivity contribution in [3.63, 3.8) is 0 Å². The van der Waals surface area contributed by atoms with Crippen molar-refractivity contribution in [3.8, 4) is 0 Å². The maximum Gasteiger partial charge on any atom is 0.315 e. The van der Waals surface area contributed by atoms with Crippen LogP contribution < -0.4 is 16.0 Å². The summed E-state index contributed by atoms with van der Waals surface area (Å²) in [5.41, 5.74) is 1.08. The topological polar surface area (TPSA) is 62.4 Å². The lowest BCUT2D eigenvalue weighted by atomic mass is 10.2. The fourth-order valence-corrected chi connectivity index (χ4v) is 2.04. The van der Waals surface area contributed by atoms with E-state index in [2.05, 4.69) is 16.0 Å². The Balaban J connectivity index is 1.75. The smallest absolute Gasteiger partial charge is 0.315 e. The van der Waals surface area contributed by atoms with Gasteiger partial charge in [0, 0.05) is 26.7 Å². The summed E-state index contributed by atoms with van der Waals surface area (Å²) in [4.78, 5) is 11.7. The molecule has 18 heavy (non-hydrogen) atoms. The zero-order chi connectivity index (χ0) is 12.8. The summed E-state index contributed by atoms with van der Waals surface area (Å²) in [5.74, 6) is 0. The second-order valence-electron chi connectivity index (χ2n) is 4.35. The molecule has 1 heterocycles. The number of hydrogen-bond acceptors (Lipinski definition) is 3. The lowest BCUT2D eigenvalue weighted by molar-refractivity contribution is 0.0983. The number of amides is 2. The van der Waals surface area contributed by atoms with Gasteiger partial charge in [-0.2, -0.15) is 0 Å². The van der Waals surface area contributed by atoms with Crippen LogP contribution in [0.1, 0.15) is 5.56 Å². The standard InChI is InChI=1S/C13H19N3O2/c1-18-12-9-14-8-11(12)16-13(17)15-7-10-5-3-2-4-6-10/h2-6,11-12,14H,7-9H2,1H3,(H2,15,16,17)/t11?,12-/m0/s1. The highest BCUT2D eigenvalue weighted by molar-refractivity contribution is 5.74. The van der Waals surface area contributed by atoms with E-state index in [4.69, 9.17) is 4.74 Å². The van der Waals surface area contributed by atoms with Gasteiger partial charge in [0.05, 0.1) is 12.1 Å². The quantitative estimate of drug-likeness (QED) is 0.727. The molecular formula is C13H19N3O2. The van der Waals surface area contributed by atoms with Gasteiger partial charge in [-0.1, -0.05) is 30.3 Å². The molecule has 0 spiro atoms. The van der Waals surface area contributed by atoms with E-state index in [1.165, 1.54) is 0 Å². The predicted octanol–water partition coefficient (Wildman–Crippen LogP) is 0.473. The molecule has 1 aliphatic heterocycles. The second kappa shape index (κ2) is 6.37. The van der Waals surface area contributed by atoms with Crippen molar-refractivity contribution in [3.05, 3.63) is 35.9 Å². The maximum atomic E-state index is 11.7. The molecule has 1 fully saturated rings. The molecule has 0 bridgehead atoms. The van der Waals surface area contributed by atoms with Gasteiger partial charge in [0.25, 0.3) is 0 Å². The molecule has 0 aliphatic carbocycles. The zero-order valence-corrected chi connectivity index (χ0v) is 10.5. The van der Waals surface area contributed by atoms with Crippen molar-refractivity contribution in [1.82, 2.24) is 16.0 Å². The molecule has 2 amide bonds. The number of rotatable bonds is 4. The molecule has 2 rings (SSSR count). The molecular weight excluding hydrogens is 230 g/mol. The number of carbonyl (C=O) groups is 1. The highest BCUT2D eigenvalue weighted by atomic mass is 16.5. The fraction of sp³-hybridized carbons (Fsp3) is 0.462. The number of urea groups is 1. The molecule has 1 aromatic carbocycles. The van der Waals surface area contributed by atoms with Crippen LogP contribution in [-0.2, 0) is 11.3 Å². The lowest BCUT2D eigenvalue weighted by Gasteiger charge is -2.18. The molecule has 1 unspecified atom stereocenters. The molecule has 0 aromatic heterocycles. The Morgan fingerprint density at radius 1 is 1.39 bits per heavy atom. The van der Waals surface area contributed by atoms with E-state index in [1.807, 2.05) is 30.3 Å². The van der Waals surface area contributed by atoms with Gasteiger partial charge in [-0.3, -0.25) is 0 Å². The lowest BCUT2D eigenvalue weighted by Crippen LogP contribution is -2.47. The Labute approximate surface area is 107 Å². The van der Waals surface area contributed by atoms with Gasteiger partial charge < -0.3 is 20.7 Å². The minimum absolute atomic E-state index is 0.0331. The SMILES string of the molecule is CO[C@H]1CNCC1NC(=O)NCc1ccccc1. The van der Waals surface area contributed by atoms with Crippen molar-refractivity contribution in [1.29, 1.82) is 0 Å². The number of ether oxygens (including phenoxy) is 1. The Bertz CT molecular complexity index is 383. The van der Waals surface area contributed by atoms with Gasteiger partial charge in [0.2, 0.25) is 0 Å². The zero-order valence-electron chi connectivity index (χ0n) is 10.5. The van der Waals surface area contributed by atoms with Crippen molar-refractivity contribution >= 4 is 6.03 Å². The molecule has 1 aliphatic rings. The van der Waals surface area contributed by atoms with Crippen molar-refractivity contribution in [2.24, 2.45) is 0 Å². The Morgan fingerprint density at radius 2 is 2.17 bits per heavy atom. The molecule has 5 heteroatoms. The monoisotopic (exact) mass is 249 g/mol. The third kappa shape index (κ3) is 3.45. The second-order valence-corrected chi connectivity index (χ2v) is 4.35. The molecule has 1 aromatic rings. The molecule has 1 saturated heterocycles. The first-order chi connectivity index (χ1) is 8.79. The summed E-state index contributed by atoms with van der Waals surface area (Å²) in [6.45, 7) is 2.06. The van der Waals surface area contributed by atoms with Crippen LogP contribution in [0.15, 0.2) is 30.3 Å². The Hall–Kier alpha value is -1.59. The number of benzene rings is 1. The Kier molecular flexibility index (Phi) is 4.55. The van der Waals surface area contributed by atoms with Crippen LogP contribution in [-0.4, -0.2) is 38.4 Å². The number of hydrogen-bond donors (Lipinski definition) is 3. The third-order valence-corrected chi connectivity index (χ3v) is 3.07. The summed E-state index contributed by atoms with van der Waals surface area (Å²) >= 11 is 0. The molecule has 0 saturated carbocycles. The van der Waals surface area contributed by atoms with Crippen molar-refractivity contribution in [2.75, 3.05) is 20.2 Å². The first-order valence-electron chi connectivity index (χ1n) is 6.11. The van der Waals surface area contributed by atoms with Crippen LogP contribution in [0.2, 0.25) is 0 Å². The Morgan fingerprint density at radius 3 is 2.89 bits per heavy atom. The number of methoxy groups -OCH3 is 1. The first kappa shape index (κ1) is 12.9. The molecule has 5 nitrogen and oxygen atoms in total. The van der Waals surface area contributed by atoms with E-state index < -0.39 is 0 Å². The molecule has 0 radical (unpaired) electrons. The van der Waals surface area contributed by atoms with Crippen LogP contribution in [0.4, 0.5) is 4.79 Å². The van der Waals surface area contributed by atoms with Crippen molar-refractivity contribution < 1.29 is 9.53 Å². The summed E-state index contributed by atoms with van der Waals surface area (Å²) in [7, 11) is 1.66. The molecule has 98 valence electrons.